The molecule has 0 saturated carbocycles. The lowest BCUT2D eigenvalue weighted by molar-refractivity contribution is 0.0694. The Morgan fingerprint density at radius 1 is 1.38 bits per heavy atom. The molecule has 0 aliphatic rings. The van der Waals surface area contributed by atoms with Gasteiger partial charge in [-0.2, -0.15) is 0 Å². The molecule has 0 saturated heterocycles. The summed E-state index contributed by atoms with van der Waals surface area (Å²) in [5, 5.41) is 9.18. The lowest BCUT2D eigenvalue weighted by Gasteiger charge is -2.11. The quantitative estimate of drug-likeness (QED) is 0.909. The number of aromatic nitrogens is 2. The molecule has 0 radical (unpaired) electrons. The summed E-state index contributed by atoms with van der Waals surface area (Å²) in [6.07, 6.45) is 1.36. The van der Waals surface area contributed by atoms with Crippen molar-refractivity contribution in [3.63, 3.8) is 0 Å². The first-order valence-electron chi connectivity index (χ1n) is 6.38. The number of carboxylic acids is 1. The fourth-order valence-electron chi connectivity index (χ4n) is 1.94. The number of hydrogen-bond donors (Lipinski definition) is 1. The lowest BCUT2D eigenvalue weighted by atomic mass is 10.0. The van der Waals surface area contributed by atoms with E-state index in [-0.39, 0.29) is 11.5 Å². The Labute approximate surface area is 131 Å². The van der Waals surface area contributed by atoms with Gasteiger partial charge in [-0.1, -0.05) is 13.8 Å². The summed E-state index contributed by atoms with van der Waals surface area (Å²) < 4.78 is 5.97. The number of carboxylic acid groups (broad SMARTS) is 1. The highest BCUT2D eigenvalue weighted by Crippen LogP contribution is 2.30. The maximum Gasteiger partial charge on any atom is 0.339 e. The molecule has 0 aliphatic heterocycles. The van der Waals surface area contributed by atoms with E-state index < -0.39 is 5.97 Å². The van der Waals surface area contributed by atoms with E-state index in [4.69, 9.17) is 4.74 Å². The molecule has 0 fully saturated rings. The number of hydrogen-bond acceptors (Lipinski definition) is 4. The van der Waals surface area contributed by atoms with Crippen LogP contribution >= 0.6 is 15.9 Å². The van der Waals surface area contributed by atoms with E-state index in [1.54, 1.807) is 7.11 Å². The predicted molar refractivity (Wildman–Crippen MR) is 82.8 cm³/mol. The van der Waals surface area contributed by atoms with Gasteiger partial charge in [-0.3, -0.25) is 0 Å². The number of rotatable bonds is 4. The van der Waals surface area contributed by atoms with Crippen LogP contribution in [0.2, 0.25) is 0 Å². The van der Waals surface area contributed by atoms with Gasteiger partial charge in [-0.25, -0.2) is 14.8 Å². The van der Waals surface area contributed by atoms with E-state index >= 15 is 0 Å². The van der Waals surface area contributed by atoms with Gasteiger partial charge in [0.1, 0.15) is 5.75 Å². The largest absolute Gasteiger partial charge is 0.496 e. The van der Waals surface area contributed by atoms with Crippen molar-refractivity contribution in [1.82, 2.24) is 9.97 Å². The van der Waals surface area contributed by atoms with Gasteiger partial charge in [-0.15, -0.1) is 0 Å². The van der Waals surface area contributed by atoms with Crippen molar-refractivity contribution < 1.29 is 14.6 Å². The summed E-state index contributed by atoms with van der Waals surface area (Å²) in [7, 11) is 1.59. The molecular weight excluding hydrogens is 336 g/mol. The highest BCUT2D eigenvalue weighted by molar-refractivity contribution is 9.10. The van der Waals surface area contributed by atoms with Gasteiger partial charge in [0, 0.05) is 11.8 Å². The topological polar surface area (TPSA) is 72.3 Å². The van der Waals surface area contributed by atoms with Crippen LogP contribution < -0.4 is 4.74 Å². The van der Waals surface area contributed by atoms with Crippen LogP contribution in [0.5, 0.6) is 5.75 Å². The second kappa shape index (κ2) is 6.22. The highest BCUT2D eigenvalue weighted by atomic mass is 79.9. The van der Waals surface area contributed by atoms with Gasteiger partial charge in [0.25, 0.3) is 0 Å². The zero-order chi connectivity index (χ0) is 15.6. The first kappa shape index (κ1) is 15.4. The molecule has 1 aromatic heterocycles. The Balaban J connectivity index is 2.52. The maximum absolute atomic E-state index is 11.2. The van der Waals surface area contributed by atoms with Gasteiger partial charge in [-0.05, 0) is 40.0 Å². The van der Waals surface area contributed by atoms with Crippen molar-refractivity contribution in [3.8, 4) is 17.1 Å². The van der Waals surface area contributed by atoms with Crippen molar-refractivity contribution >= 4 is 21.9 Å². The predicted octanol–water partition coefficient (Wildman–Crippen LogP) is 3.74. The second-order valence-corrected chi connectivity index (χ2v) is 5.66. The SMILES string of the molecule is COc1ccc(-c2ncc(C(=O)O)c(C(C)C)n2)cc1Br. The van der Waals surface area contributed by atoms with Crippen molar-refractivity contribution in [2.24, 2.45) is 0 Å². The molecule has 0 aliphatic carbocycles. The molecular formula is C15H15BrN2O3. The first-order chi connectivity index (χ1) is 9.93. The molecule has 1 heterocycles. The number of methoxy groups -OCH3 is 1. The lowest BCUT2D eigenvalue weighted by Crippen LogP contribution is -2.08. The van der Waals surface area contributed by atoms with Crippen molar-refractivity contribution in [2.75, 3.05) is 7.11 Å². The van der Waals surface area contributed by atoms with Crippen LogP contribution in [0, 0.1) is 0 Å². The Kier molecular flexibility index (Phi) is 4.57. The van der Waals surface area contributed by atoms with Crippen LogP contribution in [0.15, 0.2) is 28.9 Å². The van der Waals surface area contributed by atoms with Gasteiger partial charge in [0.2, 0.25) is 0 Å². The number of halogens is 1. The fraction of sp³-hybridized carbons (Fsp3) is 0.267. The molecule has 5 nitrogen and oxygen atoms in total. The Bertz CT molecular complexity index is 687. The summed E-state index contributed by atoms with van der Waals surface area (Å²) in [4.78, 5) is 19.8. The Morgan fingerprint density at radius 3 is 2.62 bits per heavy atom. The average Bonchev–Trinajstić information content (AvgIpc) is 2.46. The highest BCUT2D eigenvalue weighted by Gasteiger charge is 2.17. The molecule has 0 bridgehead atoms. The fourth-order valence-corrected chi connectivity index (χ4v) is 2.49. The summed E-state index contributed by atoms with van der Waals surface area (Å²) in [6, 6.07) is 5.49. The molecule has 0 atom stereocenters. The number of carbonyl (C=O) groups is 1. The number of ether oxygens (including phenoxy) is 1. The van der Waals surface area contributed by atoms with Crippen LogP contribution in [-0.2, 0) is 0 Å². The monoisotopic (exact) mass is 350 g/mol. The van der Waals surface area contributed by atoms with Crippen molar-refractivity contribution in [3.05, 3.63) is 40.1 Å². The van der Waals surface area contributed by atoms with Crippen LogP contribution in [0.3, 0.4) is 0 Å². The molecule has 110 valence electrons. The van der Waals surface area contributed by atoms with Gasteiger partial charge >= 0.3 is 5.97 Å². The summed E-state index contributed by atoms with van der Waals surface area (Å²) in [5.41, 5.74) is 1.46. The van der Waals surface area contributed by atoms with E-state index in [9.17, 15) is 9.90 Å². The zero-order valence-corrected chi connectivity index (χ0v) is 13.5. The van der Waals surface area contributed by atoms with Crippen LogP contribution in [0.25, 0.3) is 11.4 Å². The normalized spacial score (nSPS) is 10.7. The second-order valence-electron chi connectivity index (χ2n) is 4.80. The standard InChI is InChI=1S/C15H15BrN2O3/c1-8(2)13-10(15(19)20)7-17-14(18-13)9-4-5-12(21-3)11(16)6-9/h4-8H,1-3H3,(H,19,20). The summed E-state index contributed by atoms with van der Waals surface area (Å²) >= 11 is 3.42. The van der Waals surface area contributed by atoms with Crippen molar-refractivity contribution in [1.29, 1.82) is 0 Å². The molecule has 0 spiro atoms. The third-order valence-electron chi connectivity index (χ3n) is 3.01. The van der Waals surface area contributed by atoms with Crippen molar-refractivity contribution in [2.45, 2.75) is 19.8 Å². The van der Waals surface area contributed by atoms with Crippen LogP contribution in [-0.4, -0.2) is 28.2 Å². The zero-order valence-electron chi connectivity index (χ0n) is 11.9. The smallest absolute Gasteiger partial charge is 0.339 e. The molecule has 0 unspecified atom stereocenters. The van der Waals surface area contributed by atoms with Gasteiger partial charge in [0.05, 0.1) is 22.8 Å². The van der Waals surface area contributed by atoms with Crippen LogP contribution in [0.1, 0.15) is 35.8 Å². The van der Waals surface area contributed by atoms with E-state index in [2.05, 4.69) is 25.9 Å². The van der Waals surface area contributed by atoms with E-state index in [0.29, 0.717) is 17.3 Å². The average molecular weight is 351 g/mol. The van der Waals surface area contributed by atoms with Crippen LogP contribution in [0.4, 0.5) is 0 Å². The first-order valence-corrected chi connectivity index (χ1v) is 7.17. The molecule has 6 heteroatoms. The Hall–Kier alpha value is -1.95. The minimum atomic E-state index is -1.01. The van der Waals surface area contributed by atoms with E-state index in [1.807, 2.05) is 32.0 Å². The summed E-state index contributed by atoms with van der Waals surface area (Å²) in [6.45, 7) is 3.81. The Morgan fingerprint density at radius 2 is 2.10 bits per heavy atom. The van der Waals surface area contributed by atoms with Gasteiger partial charge in [0.15, 0.2) is 5.82 Å². The van der Waals surface area contributed by atoms with Gasteiger partial charge < -0.3 is 9.84 Å². The van der Waals surface area contributed by atoms with E-state index in [0.717, 1.165) is 10.0 Å². The van der Waals surface area contributed by atoms with E-state index in [1.165, 1.54) is 6.20 Å². The number of nitrogens with zero attached hydrogens (tertiary/aromatic N) is 2. The molecule has 0 amide bonds. The molecule has 21 heavy (non-hydrogen) atoms. The number of benzene rings is 1. The molecule has 2 aromatic rings. The molecule has 1 aromatic carbocycles. The third-order valence-corrected chi connectivity index (χ3v) is 3.63. The third kappa shape index (κ3) is 3.21. The minimum Gasteiger partial charge on any atom is -0.496 e. The number of aromatic carboxylic acids is 1. The maximum atomic E-state index is 11.2. The molecule has 2 rings (SSSR count). The molecule has 1 N–H and O–H groups in total. The minimum absolute atomic E-state index is 0.000427. The summed E-state index contributed by atoms with van der Waals surface area (Å²) in [5.74, 6) is 0.192.